The lowest BCUT2D eigenvalue weighted by atomic mass is 9.92. The molecule has 3 unspecified atom stereocenters. The summed E-state index contributed by atoms with van der Waals surface area (Å²) in [6.45, 7) is 7.42. The fraction of sp³-hybridized carbons (Fsp3) is 0.591. The first kappa shape index (κ1) is 21.8. The van der Waals surface area contributed by atoms with Crippen molar-refractivity contribution in [1.29, 1.82) is 5.26 Å². The smallest absolute Gasteiger partial charge is 0.236 e. The van der Waals surface area contributed by atoms with E-state index in [0.29, 0.717) is 24.7 Å². The van der Waals surface area contributed by atoms with Gasteiger partial charge in [0.05, 0.1) is 17.5 Å². The highest BCUT2D eigenvalue weighted by molar-refractivity contribution is 5.96. The molecule has 3 rings (SSSR count). The Bertz CT molecular complexity index is 962. The molecule has 0 saturated carbocycles. The van der Waals surface area contributed by atoms with Crippen molar-refractivity contribution >= 4 is 28.7 Å². The van der Waals surface area contributed by atoms with Gasteiger partial charge in [-0.15, -0.1) is 0 Å². The van der Waals surface area contributed by atoms with Gasteiger partial charge >= 0.3 is 0 Å². The molecule has 0 aromatic carbocycles. The first-order chi connectivity index (χ1) is 14.4. The number of amides is 1. The molecule has 30 heavy (non-hydrogen) atoms. The highest BCUT2D eigenvalue weighted by Crippen LogP contribution is 2.30. The quantitative estimate of drug-likeness (QED) is 0.726. The van der Waals surface area contributed by atoms with Gasteiger partial charge in [0.15, 0.2) is 5.65 Å². The number of piperidine rings is 1. The van der Waals surface area contributed by atoms with Gasteiger partial charge in [-0.05, 0) is 24.8 Å². The predicted molar refractivity (Wildman–Crippen MR) is 115 cm³/mol. The average Bonchev–Trinajstić information content (AvgIpc) is 3.17. The topological polar surface area (TPSA) is 95.1 Å². The highest BCUT2D eigenvalue weighted by atomic mass is 16.2. The van der Waals surface area contributed by atoms with Crippen LogP contribution in [0.15, 0.2) is 18.6 Å². The summed E-state index contributed by atoms with van der Waals surface area (Å²) in [6.07, 6.45) is 5.84. The Balaban J connectivity index is 1.90. The van der Waals surface area contributed by atoms with Gasteiger partial charge in [0.1, 0.15) is 18.6 Å². The van der Waals surface area contributed by atoms with Crippen LogP contribution in [0.25, 0.3) is 11.0 Å². The molecule has 2 aromatic rings. The Hall–Kier alpha value is -2.95. The fourth-order valence-electron chi connectivity index (χ4n) is 4.31. The van der Waals surface area contributed by atoms with E-state index in [0.717, 1.165) is 30.5 Å². The van der Waals surface area contributed by atoms with Crippen molar-refractivity contribution < 1.29 is 9.59 Å². The summed E-state index contributed by atoms with van der Waals surface area (Å²) in [7, 11) is 1.97. The van der Waals surface area contributed by atoms with E-state index in [9.17, 15) is 9.59 Å². The Morgan fingerprint density at radius 3 is 2.87 bits per heavy atom. The second-order valence-electron chi connectivity index (χ2n) is 8.27. The maximum Gasteiger partial charge on any atom is 0.236 e. The van der Waals surface area contributed by atoms with E-state index >= 15 is 0 Å². The number of likely N-dealkylation sites (tertiary alicyclic amines) is 1. The number of hydrogen-bond donors (Lipinski definition) is 0. The van der Waals surface area contributed by atoms with Crippen molar-refractivity contribution in [3.63, 3.8) is 0 Å². The van der Waals surface area contributed by atoms with Gasteiger partial charge in [0.2, 0.25) is 11.8 Å². The van der Waals surface area contributed by atoms with Crippen LogP contribution in [-0.2, 0) is 4.79 Å². The Morgan fingerprint density at radius 1 is 1.40 bits per heavy atom. The number of nitrogens with zero attached hydrogens (tertiary/aromatic N) is 6. The molecule has 0 aliphatic carbocycles. The van der Waals surface area contributed by atoms with Crippen molar-refractivity contribution in [2.24, 2.45) is 11.8 Å². The van der Waals surface area contributed by atoms with Crippen LogP contribution in [0.2, 0.25) is 0 Å². The van der Waals surface area contributed by atoms with Crippen LogP contribution in [0, 0.1) is 23.2 Å². The summed E-state index contributed by atoms with van der Waals surface area (Å²) in [5, 5.41) is 9.68. The van der Waals surface area contributed by atoms with Crippen molar-refractivity contribution in [2.75, 3.05) is 25.0 Å². The van der Waals surface area contributed by atoms with Crippen molar-refractivity contribution in [3.8, 4) is 6.07 Å². The third-order valence-corrected chi connectivity index (χ3v) is 6.17. The van der Waals surface area contributed by atoms with E-state index in [1.54, 1.807) is 15.7 Å². The number of hydrogen-bond acceptors (Lipinski definition) is 6. The first-order valence-electron chi connectivity index (χ1n) is 10.6. The molecule has 8 heteroatoms. The molecule has 1 saturated heterocycles. The molecule has 0 N–H and O–H groups in total. The van der Waals surface area contributed by atoms with E-state index in [-0.39, 0.29) is 30.2 Å². The second-order valence-corrected chi connectivity index (χ2v) is 8.27. The van der Waals surface area contributed by atoms with E-state index in [1.165, 1.54) is 6.33 Å². The average molecular weight is 411 g/mol. The number of carbonyl (C=O) groups excluding carboxylic acids is 2. The maximum absolute atomic E-state index is 12.8. The molecule has 0 radical (unpaired) electrons. The standard InChI is InChI=1S/C22H30N6O2/c1-5-6-16(3)22(30)28-12-9-17-20(24-14-25-21(17)28)26(4)18-13-27(11-8-15(18)2)19(29)7-10-23/h9,12,14-16,18H,5-8,11,13H2,1-4H3. The molecule has 3 atom stereocenters. The minimum absolute atomic E-state index is 0.0402. The Kier molecular flexibility index (Phi) is 6.70. The molecular formula is C22H30N6O2. The van der Waals surface area contributed by atoms with E-state index in [1.807, 2.05) is 26.1 Å². The zero-order valence-corrected chi connectivity index (χ0v) is 18.2. The van der Waals surface area contributed by atoms with Crippen molar-refractivity contribution in [2.45, 2.75) is 52.5 Å². The minimum atomic E-state index is -0.128. The molecule has 3 heterocycles. The summed E-state index contributed by atoms with van der Waals surface area (Å²) in [5.74, 6) is 0.955. The number of anilines is 1. The van der Waals surface area contributed by atoms with Crippen LogP contribution in [0.4, 0.5) is 5.82 Å². The van der Waals surface area contributed by atoms with Crippen LogP contribution in [0.3, 0.4) is 0 Å². The molecule has 1 aliphatic heterocycles. The molecule has 1 aliphatic rings. The summed E-state index contributed by atoms with van der Waals surface area (Å²) < 4.78 is 1.63. The highest BCUT2D eigenvalue weighted by Gasteiger charge is 2.33. The van der Waals surface area contributed by atoms with Crippen LogP contribution < -0.4 is 4.90 Å². The van der Waals surface area contributed by atoms with Crippen LogP contribution in [0.1, 0.15) is 51.2 Å². The zero-order chi connectivity index (χ0) is 21.8. The van der Waals surface area contributed by atoms with Gasteiger partial charge in [-0.1, -0.05) is 27.2 Å². The number of fused-ring (bicyclic) bond motifs is 1. The summed E-state index contributed by atoms with van der Waals surface area (Å²) in [4.78, 5) is 37.8. The minimum Gasteiger partial charge on any atom is -0.354 e. The largest absolute Gasteiger partial charge is 0.354 e. The maximum atomic E-state index is 12.8. The first-order valence-corrected chi connectivity index (χ1v) is 10.6. The molecule has 160 valence electrons. The van der Waals surface area contributed by atoms with E-state index < -0.39 is 0 Å². The van der Waals surface area contributed by atoms with E-state index in [2.05, 4.69) is 28.7 Å². The van der Waals surface area contributed by atoms with Gasteiger partial charge in [0, 0.05) is 32.3 Å². The van der Waals surface area contributed by atoms with Gasteiger partial charge in [-0.3, -0.25) is 14.2 Å². The number of likely N-dealkylation sites (N-methyl/N-ethyl adjacent to an activating group) is 1. The third kappa shape index (κ3) is 4.16. The van der Waals surface area contributed by atoms with Crippen LogP contribution in [-0.4, -0.2) is 57.4 Å². The third-order valence-electron chi connectivity index (χ3n) is 6.17. The summed E-state index contributed by atoms with van der Waals surface area (Å²) >= 11 is 0. The lowest BCUT2D eigenvalue weighted by molar-refractivity contribution is -0.131. The lowest BCUT2D eigenvalue weighted by Gasteiger charge is -2.42. The monoisotopic (exact) mass is 410 g/mol. The van der Waals surface area contributed by atoms with Crippen LogP contribution in [0.5, 0.6) is 0 Å². The predicted octanol–water partition coefficient (Wildman–Crippen LogP) is 3.09. The number of carbonyl (C=O) groups is 2. The molecule has 2 aromatic heterocycles. The van der Waals surface area contributed by atoms with Crippen molar-refractivity contribution in [1.82, 2.24) is 19.4 Å². The number of nitriles is 1. The summed E-state index contributed by atoms with van der Waals surface area (Å²) in [6, 6.07) is 3.91. The molecular weight excluding hydrogens is 380 g/mol. The molecule has 1 fully saturated rings. The number of aromatic nitrogens is 3. The second kappa shape index (κ2) is 9.24. The summed E-state index contributed by atoms with van der Waals surface area (Å²) in [5.41, 5.74) is 0.612. The van der Waals surface area contributed by atoms with Gasteiger partial charge in [-0.25, -0.2) is 9.97 Å². The molecule has 0 spiro atoms. The lowest BCUT2D eigenvalue weighted by Crippen LogP contribution is -2.52. The fourth-order valence-corrected chi connectivity index (χ4v) is 4.31. The van der Waals surface area contributed by atoms with Gasteiger partial charge in [-0.2, -0.15) is 5.26 Å². The van der Waals surface area contributed by atoms with Gasteiger partial charge in [0.25, 0.3) is 0 Å². The van der Waals surface area contributed by atoms with Crippen molar-refractivity contribution in [3.05, 3.63) is 18.6 Å². The Labute approximate surface area is 177 Å². The molecule has 8 nitrogen and oxygen atoms in total. The molecule has 1 amide bonds. The van der Waals surface area contributed by atoms with Gasteiger partial charge < -0.3 is 9.80 Å². The zero-order valence-electron chi connectivity index (χ0n) is 18.2. The van der Waals surface area contributed by atoms with Crippen LogP contribution >= 0.6 is 0 Å². The SMILES string of the molecule is CCCC(C)C(=O)n1ccc2c(N(C)C3CN(C(=O)CC#N)CCC3C)ncnc21. The number of rotatable bonds is 6. The normalized spacial score (nSPS) is 20.0. The molecule has 0 bridgehead atoms. The van der Waals surface area contributed by atoms with E-state index in [4.69, 9.17) is 5.26 Å². The Morgan fingerprint density at radius 2 is 2.17 bits per heavy atom.